The van der Waals surface area contributed by atoms with Gasteiger partial charge in [0, 0.05) is 27.6 Å². The summed E-state index contributed by atoms with van der Waals surface area (Å²) in [7, 11) is 0. The number of benzene rings is 2. The van der Waals surface area contributed by atoms with Crippen LogP contribution in [-0.2, 0) is 6.54 Å². The molecule has 23 heavy (non-hydrogen) atoms. The van der Waals surface area contributed by atoms with Crippen LogP contribution in [0.4, 0.5) is 5.69 Å². The minimum Gasteiger partial charge on any atom is -0.287 e. The van der Waals surface area contributed by atoms with Gasteiger partial charge in [0.15, 0.2) is 12.4 Å². The third-order valence-corrected chi connectivity index (χ3v) is 4.25. The fraction of sp³-hybridized carbons (Fsp3) is 0.0588. The molecule has 0 amide bonds. The van der Waals surface area contributed by atoms with E-state index in [2.05, 4.69) is 15.9 Å². The maximum atomic E-state index is 12.3. The summed E-state index contributed by atoms with van der Waals surface area (Å²) in [6.07, 6.45) is 3.39. The zero-order valence-electron chi connectivity index (χ0n) is 12.0. The number of nitro benzene ring substituents is 1. The Hall–Kier alpha value is -2.60. The summed E-state index contributed by atoms with van der Waals surface area (Å²) in [5.41, 5.74) is 0.633. The van der Waals surface area contributed by atoms with Gasteiger partial charge in [-0.3, -0.25) is 14.9 Å². The van der Waals surface area contributed by atoms with Crippen LogP contribution in [0.25, 0.3) is 10.8 Å². The number of carbonyl (C=O) groups excluding carboxylic acids is 1. The molecule has 0 aliphatic rings. The third-order valence-electron chi connectivity index (χ3n) is 3.56. The van der Waals surface area contributed by atoms with E-state index < -0.39 is 4.92 Å². The Bertz CT molecular complexity index is 910. The summed E-state index contributed by atoms with van der Waals surface area (Å²) in [6.45, 7) is 0.129. The number of nitro groups is 1. The van der Waals surface area contributed by atoms with Gasteiger partial charge in [-0.2, -0.15) is 4.57 Å². The molecule has 5 nitrogen and oxygen atoms in total. The van der Waals surface area contributed by atoms with Gasteiger partial charge in [0.1, 0.15) is 5.39 Å². The first-order chi connectivity index (χ1) is 11.1. The second kappa shape index (κ2) is 6.26. The van der Waals surface area contributed by atoms with Crippen LogP contribution >= 0.6 is 15.9 Å². The molecule has 0 aliphatic heterocycles. The van der Waals surface area contributed by atoms with Gasteiger partial charge in [0.05, 0.1) is 4.92 Å². The lowest BCUT2D eigenvalue weighted by Crippen LogP contribution is -2.37. The van der Waals surface area contributed by atoms with Gasteiger partial charge in [-0.05, 0) is 6.07 Å². The third kappa shape index (κ3) is 3.12. The molecule has 2 aromatic carbocycles. The summed E-state index contributed by atoms with van der Waals surface area (Å²) >= 11 is 3.39. The minimum absolute atomic E-state index is 0.0183. The zero-order valence-corrected chi connectivity index (χ0v) is 13.6. The van der Waals surface area contributed by atoms with Crippen molar-refractivity contribution in [2.24, 2.45) is 0 Å². The molecule has 1 aromatic heterocycles. The number of aromatic nitrogens is 1. The lowest BCUT2D eigenvalue weighted by atomic mass is 10.1. The van der Waals surface area contributed by atoms with Gasteiger partial charge in [-0.1, -0.05) is 46.3 Å². The molecular weight excluding hydrogens is 360 g/mol. The molecule has 3 aromatic rings. The number of ketones is 1. The van der Waals surface area contributed by atoms with Crippen LogP contribution in [0.15, 0.2) is 65.4 Å². The highest BCUT2D eigenvalue weighted by Gasteiger charge is 2.19. The van der Waals surface area contributed by atoms with E-state index >= 15 is 0 Å². The van der Waals surface area contributed by atoms with Gasteiger partial charge in [-0.15, -0.1) is 0 Å². The summed E-state index contributed by atoms with van der Waals surface area (Å²) in [6, 6.07) is 13.8. The van der Waals surface area contributed by atoms with E-state index in [4.69, 9.17) is 0 Å². The van der Waals surface area contributed by atoms with Gasteiger partial charge in [-0.25, -0.2) is 0 Å². The summed E-state index contributed by atoms with van der Waals surface area (Å²) in [4.78, 5) is 23.0. The van der Waals surface area contributed by atoms with Crippen molar-refractivity contribution in [2.75, 3.05) is 0 Å². The van der Waals surface area contributed by atoms with Crippen LogP contribution < -0.4 is 4.57 Å². The highest BCUT2D eigenvalue weighted by atomic mass is 79.9. The quantitative estimate of drug-likeness (QED) is 0.304. The van der Waals surface area contributed by atoms with Crippen molar-refractivity contribution in [3.05, 3.63) is 81.1 Å². The molecule has 0 fully saturated rings. The predicted molar refractivity (Wildman–Crippen MR) is 89.3 cm³/mol. The highest BCUT2D eigenvalue weighted by molar-refractivity contribution is 9.10. The first-order valence-electron chi connectivity index (χ1n) is 6.90. The number of halogens is 1. The standard InChI is InChI=1S/C17H12BrN2O3/c18-15-6-7-16(20(22)23)14-10-19(9-8-13(14)15)11-17(21)12-4-2-1-3-5-12/h1-10H,11H2/q+1. The first kappa shape index (κ1) is 15.3. The van der Waals surface area contributed by atoms with Crippen LogP contribution in [-0.4, -0.2) is 10.7 Å². The Labute approximate surface area is 140 Å². The number of fused-ring (bicyclic) bond motifs is 1. The Kier molecular flexibility index (Phi) is 4.16. The van der Waals surface area contributed by atoms with E-state index in [-0.39, 0.29) is 18.0 Å². The molecule has 0 saturated carbocycles. The van der Waals surface area contributed by atoms with E-state index in [1.54, 1.807) is 53.4 Å². The van der Waals surface area contributed by atoms with Crippen molar-refractivity contribution >= 4 is 38.2 Å². The summed E-state index contributed by atoms with van der Waals surface area (Å²) < 4.78 is 2.44. The van der Waals surface area contributed by atoms with E-state index in [0.717, 1.165) is 9.86 Å². The molecule has 1 heterocycles. The number of hydrogen-bond donors (Lipinski definition) is 0. The van der Waals surface area contributed by atoms with Crippen molar-refractivity contribution in [3.8, 4) is 0 Å². The fourth-order valence-corrected chi connectivity index (χ4v) is 2.90. The molecule has 0 atom stereocenters. The lowest BCUT2D eigenvalue weighted by molar-refractivity contribution is -0.681. The van der Waals surface area contributed by atoms with Crippen LogP contribution in [0, 0.1) is 10.1 Å². The molecule has 0 unspecified atom stereocenters. The Balaban J connectivity index is 2.01. The van der Waals surface area contributed by atoms with Crippen molar-refractivity contribution in [1.82, 2.24) is 0 Å². The number of nitrogens with zero attached hydrogens (tertiary/aromatic N) is 2. The average Bonchev–Trinajstić information content (AvgIpc) is 2.55. The molecule has 0 bridgehead atoms. The largest absolute Gasteiger partial charge is 0.287 e. The molecule has 0 spiro atoms. The van der Waals surface area contributed by atoms with E-state index in [1.807, 2.05) is 6.07 Å². The van der Waals surface area contributed by atoms with Gasteiger partial charge < -0.3 is 0 Å². The van der Waals surface area contributed by atoms with Gasteiger partial charge in [0.2, 0.25) is 12.3 Å². The minimum atomic E-state index is -0.419. The molecule has 0 N–H and O–H groups in total. The molecule has 0 aliphatic carbocycles. The summed E-state index contributed by atoms with van der Waals surface area (Å²) in [5, 5.41) is 12.4. The summed E-state index contributed by atoms with van der Waals surface area (Å²) in [5.74, 6) is -0.0485. The monoisotopic (exact) mass is 371 g/mol. The van der Waals surface area contributed by atoms with E-state index in [9.17, 15) is 14.9 Å². The second-order valence-corrected chi connectivity index (χ2v) is 5.91. The highest BCUT2D eigenvalue weighted by Crippen LogP contribution is 2.30. The Morgan fingerprint density at radius 2 is 1.83 bits per heavy atom. The number of hydrogen-bond acceptors (Lipinski definition) is 3. The molecule has 114 valence electrons. The van der Waals surface area contributed by atoms with E-state index in [0.29, 0.717) is 10.9 Å². The van der Waals surface area contributed by atoms with Crippen LogP contribution in [0.5, 0.6) is 0 Å². The normalized spacial score (nSPS) is 10.7. The number of non-ortho nitro benzene ring substituents is 1. The van der Waals surface area contributed by atoms with Crippen LogP contribution in [0.3, 0.4) is 0 Å². The Morgan fingerprint density at radius 3 is 2.52 bits per heavy atom. The maximum absolute atomic E-state index is 12.3. The number of rotatable bonds is 4. The van der Waals surface area contributed by atoms with Gasteiger partial charge in [0.25, 0.3) is 5.69 Å². The smallest absolute Gasteiger partial charge is 0.283 e. The first-order valence-corrected chi connectivity index (χ1v) is 7.69. The topological polar surface area (TPSA) is 64.1 Å². The fourth-order valence-electron chi connectivity index (χ4n) is 2.42. The Morgan fingerprint density at radius 1 is 1.09 bits per heavy atom. The molecule has 6 heteroatoms. The maximum Gasteiger partial charge on any atom is 0.283 e. The predicted octanol–water partition coefficient (Wildman–Crippen LogP) is 3.68. The van der Waals surface area contributed by atoms with Crippen molar-refractivity contribution in [3.63, 3.8) is 0 Å². The van der Waals surface area contributed by atoms with Crippen molar-refractivity contribution in [1.29, 1.82) is 0 Å². The second-order valence-electron chi connectivity index (χ2n) is 5.06. The molecule has 0 radical (unpaired) electrons. The molecule has 3 rings (SSSR count). The molecular formula is C17H12BrN2O3+. The van der Waals surface area contributed by atoms with E-state index in [1.165, 1.54) is 6.07 Å². The zero-order chi connectivity index (χ0) is 16.4. The SMILES string of the molecule is O=C(C[n+]1ccc2c(Br)ccc([N+](=O)[O-])c2c1)c1ccccc1. The molecule has 0 saturated heterocycles. The number of pyridine rings is 1. The van der Waals surface area contributed by atoms with Crippen molar-refractivity contribution < 1.29 is 14.3 Å². The number of Topliss-reactive ketones (excluding diaryl/α,β-unsaturated/α-hetero) is 1. The lowest BCUT2D eigenvalue weighted by Gasteiger charge is -2.02. The van der Waals surface area contributed by atoms with Gasteiger partial charge >= 0.3 is 0 Å². The van der Waals surface area contributed by atoms with Crippen LogP contribution in [0.1, 0.15) is 10.4 Å². The number of carbonyl (C=O) groups is 1. The average molecular weight is 372 g/mol. The van der Waals surface area contributed by atoms with Crippen molar-refractivity contribution in [2.45, 2.75) is 6.54 Å². The van der Waals surface area contributed by atoms with Crippen LogP contribution in [0.2, 0.25) is 0 Å².